The normalized spacial score (nSPS) is 9.33. The van der Waals surface area contributed by atoms with Gasteiger partial charge in [-0.25, -0.2) is 14.6 Å². The van der Waals surface area contributed by atoms with Crippen LogP contribution in [0.2, 0.25) is 0 Å². The number of carboxylic acids is 2. The lowest BCUT2D eigenvalue weighted by molar-refractivity contribution is -0.159. The quantitative estimate of drug-likeness (QED) is 0.672. The average Bonchev–Trinajstić information content (AvgIpc) is 2.29. The zero-order valence-corrected chi connectivity index (χ0v) is 10.2. The number of nitrogens with two attached hydrogens (primary N) is 1. The standard InChI is InChI=1S/C9H14N2O.C2H2O4/c1-7(2)12-9-5-8(6-10)3-4-11-9;3-1(4)2(5)6/h3-5,7H,6,10H2,1-2H3;(H,3,4)(H,5,6). The highest BCUT2D eigenvalue weighted by molar-refractivity contribution is 6.27. The third kappa shape index (κ3) is 7.18. The molecule has 1 rings (SSSR count). The van der Waals surface area contributed by atoms with Gasteiger partial charge in [-0.15, -0.1) is 0 Å². The summed E-state index contributed by atoms with van der Waals surface area (Å²) in [5, 5.41) is 14.8. The van der Waals surface area contributed by atoms with Gasteiger partial charge in [-0.1, -0.05) is 0 Å². The predicted octanol–water partition coefficient (Wildman–Crippen LogP) is 0.483. The van der Waals surface area contributed by atoms with Gasteiger partial charge in [0, 0.05) is 18.8 Å². The van der Waals surface area contributed by atoms with Crippen molar-refractivity contribution in [2.45, 2.75) is 26.5 Å². The molecule has 0 unspecified atom stereocenters. The Balaban J connectivity index is 0.000000411. The Kier molecular flexibility index (Phi) is 7.06. The van der Waals surface area contributed by atoms with E-state index in [1.165, 1.54) is 0 Å². The van der Waals surface area contributed by atoms with Gasteiger partial charge >= 0.3 is 11.9 Å². The second kappa shape index (κ2) is 8.02. The lowest BCUT2D eigenvalue weighted by Crippen LogP contribution is -2.09. The minimum absolute atomic E-state index is 0.158. The number of ether oxygens (including phenoxy) is 1. The highest BCUT2D eigenvalue weighted by Gasteiger charge is 2.04. The summed E-state index contributed by atoms with van der Waals surface area (Å²) in [5.41, 5.74) is 6.51. The van der Waals surface area contributed by atoms with Crippen LogP contribution >= 0.6 is 0 Å². The van der Waals surface area contributed by atoms with E-state index in [2.05, 4.69) is 4.98 Å². The van der Waals surface area contributed by atoms with Crippen molar-refractivity contribution in [3.05, 3.63) is 23.9 Å². The first-order valence-corrected chi connectivity index (χ1v) is 5.14. The molecule has 0 bridgehead atoms. The summed E-state index contributed by atoms with van der Waals surface area (Å²) in [7, 11) is 0. The van der Waals surface area contributed by atoms with Crippen LogP contribution in [0.5, 0.6) is 5.88 Å². The summed E-state index contributed by atoms with van der Waals surface area (Å²) in [4.78, 5) is 22.2. The molecular formula is C11H16N2O5. The van der Waals surface area contributed by atoms with Crippen LogP contribution < -0.4 is 10.5 Å². The lowest BCUT2D eigenvalue weighted by atomic mass is 10.3. The van der Waals surface area contributed by atoms with E-state index >= 15 is 0 Å². The van der Waals surface area contributed by atoms with Crippen molar-refractivity contribution in [1.82, 2.24) is 4.98 Å². The molecule has 7 heteroatoms. The highest BCUT2D eigenvalue weighted by Crippen LogP contribution is 2.09. The Labute approximate surface area is 104 Å². The van der Waals surface area contributed by atoms with Gasteiger partial charge in [0.15, 0.2) is 0 Å². The second-order valence-electron chi connectivity index (χ2n) is 3.48. The summed E-state index contributed by atoms with van der Waals surface area (Å²) in [6.45, 7) is 4.46. The zero-order chi connectivity index (χ0) is 14.1. The van der Waals surface area contributed by atoms with E-state index in [-0.39, 0.29) is 6.10 Å². The Morgan fingerprint density at radius 1 is 1.39 bits per heavy atom. The predicted molar refractivity (Wildman–Crippen MR) is 63.2 cm³/mol. The summed E-state index contributed by atoms with van der Waals surface area (Å²) in [6.07, 6.45) is 1.87. The van der Waals surface area contributed by atoms with Gasteiger partial charge in [-0.3, -0.25) is 0 Å². The van der Waals surface area contributed by atoms with Crippen molar-refractivity contribution in [2.75, 3.05) is 0 Å². The van der Waals surface area contributed by atoms with E-state index in [9.17, 15) is 0 Å². The van der Waals surface area contributed by atoms with Crippen LogP contribution in [0, 0.1) is 0 Å². The number of aliphatic carboxylic acids is 2. The smallest absolute Gasteiger partial charge is 0.414 e. The largest absolute Gasteiger partial charge is 0.475 e. The first-order valence-electron chi connectivity index (χ1n) is 5.14. The van der Waals surface area contributed by atoms with Crippen molar-refractivity contribution in [2.24, 2.45) is 5.73 Å². The van der Waals surface area contributed by atoms with Crippen LogP contribution in [0.1, 0.15) is 19.4 Å². The van der Waals surface area contributed by atoms with Crippen LogP contribution in [-0.4, -0.2) is 33.2 Å². The Morgan fingerprint density at radius 3 is 2.33 bits per heavy atom. The first-order chi connectivity index (χ1) is 8.36. The molecule has 1 heterocycles. The molecule has 7 nitrogen and oxygen atoms in total. The van der Waals surface area contributed by atoms with Crippen molar-refractivity contribution < 1.29 is 24.5 Å². The highest BCUT2D eigenvalue weighted by atomic mass is 16.5. The van der Waals surface area contributed by atoms with Gasteiger partial charge in [0.25, 0.3) is 0 Å². The minimum Gasteiger partial charge on any atom is -0.475 e. The van der Waals surface area contributed by atoms with Crippen molar-refractivity contribution in [1.29, 1.82) is 0 Å². The maximum atomic E-state index is 9.10. The number of pyridine rings is 1. The van der Waals surface area contributed by atoms with Crippen molar-refractivity contribution in [3.8, 4) is 5.88 Å². The summed E-state index contributed by atoms with van der Waals surface area (Å²) in [5.74, 6) is -3.00. The number of hydrogen-bond acceptors (Lipinski definition) is 5. The topological polar surface area (TPSA) is 123 Å². The molecule has 0 aromatic carbocycles. The second-order valence-corrected chi connectivity index (χ2v) is 3.48. The van der Waals surface area contributed by atoms with Gasteiger partial charge in [0.1, 0.15) is 0 Å². The monoisotopic (exact) mass is 256 g/mol. The molecule has 100 valence electrons. The number of aromatic nitrogens is 1. The molecular weight excluding hydrogens is 240 g/mol. The summed E-state index contributed by atoms with van der Waals surface area (Å²) in [6, 6.07) is 3.74. The van der Waals surface area contributed by atoms with Crippen LogP contribution in [0.25, 0.3) is 0 Å². The van der Waals surface area contributed by atoms with E-state index in [1.807, 2.05) is 26.0 Å². The fourth-order valence-corrected chi connectivity index (χ4v) is 0.883. The van der Waals surface area contributed by atoms with E-state index in [0.29, 0.717) is 12.4 Å². The number of hydrogen-bond donors (Lipinski definition) is 3. The minimum atomic E-state index is -1.82. The number of carbonyl (C=O) groups is 2. The molecule has 1 aromatic heterocycles. The lowest BCUT2D eigenvalue weighted by Gasteiger charge is -2.08. The van der Waals surface area contributed by atoms with Crippen molar-refractivity contribution >= 4 is 11.9 Å². The SMILES string of the molecule is CC(C)Oc1cc(CN)ccn1.O=C(O)C(=O)O. The van der Waals surface area contributed by atoms with E-state index < -0.39 is 11.9 Å². The summed E-state index contributed by atoms with van der Waals surface area (Å²) < 4.78 is 5.39. The third-order valence-electron chi connectivity index (χ3n) is 1.57. The Morgan fingerprint density at radius 2 is 1.94 bits per heavy atom. The third-order valence-corrected chi connectivity index (χ3v) is 1.57. The van der Waals surface area contributed by atoms with Gasteiger partial charge in [-0.05, 0) is 25.5 Å². The van der Waals surface area contributed by atoms with Gasteiger partial charge in [0.05, 0.1) is 6.10 Å². The zero-order valence-electron chi connectivity index (χ0n) is 10.2. The molecule has 4 N–H and O–H groups in total. The van der Waals surface area contributed by atoms with E-state index in [4.69, 9.17) is 30.3 Å². The molecule has 0 atom stereocenters. The van der Waals surface area contributed by atoms with Gasteiger partial charge in [0.2, 0.25) is 5.88 Å². The Hall–Kier alpha value is -2.15. The molecule has 0 saturated heterocycles. The van der Waals surface area contributed by atoms with Crippen LogP contribution in [0.3, 0.4) is 0 Å². The number of carboxylic acid groups (broad SMARTS) is 2. The number of rotatable bonds is 3. The molecule has 0 aliphatic heterocycles. The molecule has 1 aromatic rings. The van der Waals surface area contributed by atoms with Crippen molar-refractivity contribution in [3.63, 3.8) is 0 Å². The number of nitrogens with zero attached hydrogens (tertiary/aromatic N) is 1. The van der Waals surface area contributed by atoms with E-state index in [1.54, 1.807) is 6.20 Å². The average molecular weight is 256 g/mol. The first kappa shape index (κ1) is 15.9. The molecule has 0 amide bonds. The summed E-state index contributed by atoms with van der Waals surface area (Å²) >= 11 is 0. The van der Waals surface area contributed by atoms with Crippen LogP contribution in [0.4, 0.5) is 0 Å². The van der Waals surface area contributed by atoms with Gasteiger partial charge < -0.3 is 20.7 Å². The maximum Gasteiger partial charge on any atom is 0.414 e. The fraction of sp³-hybridized carbons (Fsp3) is 0.364. The molecule has 0 spiro atoms. The molecule has 0 fully saturated rings. The molecule has 0 saturated carbocycles. The van der Waals surface area contributed by atoms with E-state index in [0.717, 1.165) is 5.56 Å². The maximum absolute atomic E-state index is 9.10. The van der Waals surface area contributed by atoms with Crippen LogP contribution in [0.15, 0.2) is 18.3 Å². The van der Waals surface area contributed by atoms with Gasteiger partial charge in [-0.2, -0.15) is 0 Å². The molecule has 0 radical (unpaired) electrons. The molecule has 18 heavy (non-hydrogen) atoms. The fourth-order valence-electron chi connectivity index (χ4n) is 0.883. The van der Waals surface area contributed by atoms with Crippen LogP contribution in [-0.2, 0) is 16.1 Å². The Bertz CT molecular complexity index is 394. The molecule has 0 aliphatic rings. The molecule has 0 aliphatic carbocycles.